The number of carbonyl (C=O) groups is 2. The zero-order valence-electron chi connectivity index (χ0n) is 21.2. The van der Waals surface area contributed by atoms with Crippen molar-refractivity contribution in [1.29, 1.82) is 0 Å². The zero-order valence-corrected chi connectivity index (χ0v) is 21.2. The van der Waals surface area contributed by atoms with Crippen LogP contribution >= 0.6 is 0 Å². The van der Waals surface area contributed by atoms with Crippen molar-refractivity contribution in [2.24, 2.45) is 7.05 Å². The van der Waals surface area contributed by atoms with Crippen molar-refractivity contribution in [3.63, 3.8) is 0 Å². The van der Waals surface area contributed by atoms with Crippen molar-refractivity contribution >= 4 is 28.4 Å². The highest BCUT2D eigenvalue weighted by atomic mass is 16.6. The van der Waals surface area contributed by atoms with Crippen molar-refractivity contribution in [2.45, 2.75) is 31.8 Å². The molecular formula is C27H31N5O5. The number of aromatic nitrogens is 3. The molecule has 194 valence electrons. The van der Waals surface area contributed by atoms with E-state index in [1.165, 1.54) is 6.92 Å². The number of Topliss-reactive ketones (excluding diaryl/α,β-unsaturated/α-hetero) is 1. The molecule has 2 fully saturated rings. The highest BCUT2D eigenvalue weighted by Crippen LogP contribution is 2.44. The number of ether oxygens (including phenoxy) is 3. The fourth-order valence-electron chi connectivity index (χ4n) is 5.59. The van der Waals surface area contributed by atoms with Crippen molar-refractivity contribution in [3.05, 3.63) is 35.8 Å². The van der Waals surface area contributed by atoms with E-state index in [0.29, 0.717) is 58.2 Å². The van der Waals surface area contributed by atoms with Crippen LogP contribution in [0.1, 0.15) is 31.0 Å². The number of ketones is 1. The van der Waals surface area contributed by atoms with E-state index in [4.69, 9.17) is 19.2 Å². The van der Waals surface area contributed by atoms with E-state index in [0.717, 1.165) is 52.1 Å². The van der Waals surface area contributed by atoms with Gasteiger partial charge in [0.25, 0.3) is 0 Å². The average Bonchev–Trinajstić information content (AvgIpc) is 3.59. The topological polar surface area (TPSA) is 108 Å². The maximum Gasteiger partial charge on any atom is 0.222 e. The molecule has 1 amide bonds. The van der Waals surface area contributed by atoms with Gasteiger partial charge in [0.15, 0.2) is 0 Å². The third-order valence-corrected chi connectivity index (χ3v) is 7.46. The summed E-state index contributed by atoms with van der Waals surface area (Å²) in [6, 6.07) is 3.89. The lowest BCUT2D eigenvalue weighted by molar-refractivity contribution is -0.117. The van der Waals surface area contributed by atoms with Gasteiger partial charge in [-0.1, -0.05) is 0 Å². The molecule has 2 saturated heterocycles. The first-order valence-corrected chi connectivity index (χ1v) is 12.8. The molecule has 6 rings (SSSR count). The molecule has 10 nitrogen and oxygen atoms in total. The summed E-state index contributed by atoms with van der Waals surface area (Å²) < 4.78 is 20.5. The Bertz CT molecular complexity index is 1380. The number of anilines is 1. The highest BCUT2D eigenvalue weighted by molar-refractivity contribution is 5.98. The van der Waals surface area contributed by atoms with Gasteiger partial charge in [-0.2, -0.15) is 0 Å². The van der Waals surface area contributed by atoms with E-state index < -0.39 is 5.60 Å². The quantitative estimate of drug-likeness (QED) is 0.544. The summed E-state index contributed by atoms with van der Waals surface area (Å²) in [6.07, 6.45) is 5.86. The molecule has 0 aromatic carbocycles. The summed E-state index contributed by atoms with van der Waals surface area (Å²) >= 11 is 0. The van der Waals surface area contributed by atoms with E-state index in [1.54, 1.807) is 6.20 Å². The fourth-order valence-corrected chi connectivity index (χ4v) is 5.59. The number of hydrogen-bond donors (Lipinski definition) is 1. The lowest BCUT2D eigenvalue weighted by Crippen LogP contribution is -2.37. The number of amides is 1. The van der Waals surface area contributed by atoms with Gasteiger partial charge in [-0.25, -0.2) is 9.97 Å². The molecule has 3 aromatic heterocycles. The number of pyridine rings is 2. The molecule has 1 N–H and O–H groups in total. The second-order valence-electron chi connectivity index (χ2n) is 10.1. The second-order valence-corrected chi connectivity index (χ2v) is 10.1. The number of hydrogen-bond acceptors (Lipinski definition) is 8. The van der Waals surface area contributed by atoms with Crippen molar-refractivity contribution in [1.82, 2.24) is 19.4 Å². The van der Waals surface area contributed by atoms with E-state index in [2.05, 4.69) is 15.2 Å². The number of fused-ring (bicyclic) bond motifs is 3. The average molecular weight is 506 g/mol. The van der Waals surface area contributed by atoms with Crippen LogP contribution in [0.15, 0.2) is 24.5 Å². The van der Waals surface area contributed by atoms with E-state index in [-0.39, 0.29) is 11.7 Å². The van der Waals surface area contributed by atoms with Gasteiger partial charge in [0, 0.05) is 81.7 Å². The maximum atomic E-state index is 11.7. The van der Waals surface area contributed by atoms with E-state index >= 15 is 0 Å². The number of carbonyl (C=O) groups excluding carboxylic acids is 2. The Hall–Kier alpha value is -3.34. The summed E-state index contributed by atoms with van der Waals surface area (Å²) in [5.74, 6) is 1.40. The van der Waals surface area contributed by atoms with Gasteiger partial charge in [-0.15, -0.1) is 0 Å². The van der Waals surface area contributed by atoms with E-state index in [1.807, 2.05) is 29.9 Å². The number of nitrogens with one attached hydrogen (secondary N) is 1. The van der Waals surface area contributed by atoms with E-state index in [9.17, 15) is 9.59 Å². The fraction of sp³-hybridized carbons (Fsp3) is 0.481. The number of aryl methyl sites for hydroxylation is 1. The Balaban J connectivity index is 1.42. The molecule has 0 saturated carbocycles. The van der Waals surface area contributed by atoms with Crippen LogP contribution in [0.3, 0.4) is 0 Å². The summed E-state index contributed by atoms with van der Waals surface area (Å²) in [7, 11) is 1.97. The minimum absolute atomic E-state index is 0.174. The molecule has 6 heterocycles. The normalized spacial score (nSPS) is 21.6. The smallest absolute Gasteiger partial charge is 0.222 e. The minimum Gasteiger partial charge on any atom is -0.492 e. The third kappa shape index (κ3) is 4.49. The summed E-state index contributed by atoms with van der Waals surface area (Å²) in [5, 5.41) is 3.71. The van der Waals surface area contributed by atoms with Crippen LogP contribution in [0, 0.1) is 0 Å². The molecule has 1 atom stereocenters. The molecule has 1 spiro atoms. The standard InChI is InChI=1S/C27H31N5O5/c1-17(33)29-25-11-20-21(15-31(2)23(20)13-28-25)22-12-24(36-10-7-32-6-3-18(34)14-32)19-4-8-37-27(26(19)30-22)5-9-35-16-27/h11-13,15H,3-10,14,16H2,1-2H3,(H,28,29,33). The molecular weight excluding hydrogens is 474 g/mol. The van der Waals surface area contributed by atoms with Crippen LogP contribution < -0.4 is 10.1 Å². The first kappa shape index (κ1) is 24.0. The largest absolute Gasteiger partial charge is 0.492 e. The molecule has 37 heavy (non-hydrogen) atoms. The Morgan fingerprint density at radius 1 is 1.27 bits per heavy atom. The third-order valence-electron chi connectivity index (χ3n) is 7.46. The summed E-state index contributed by atoms with van der Waals surface area (Å²) in [4.78, 5) is 35.0. The summed E-state index contributed by atoms with van der Waals surface area (Å²) in [5.41, 5.74) is 4.00. The van der Waals surface area contributed by atoms with Crippen LogP contribution in [0.2, 0.25) is 0 Å². The molecule has 3 aromatic rings. The van der Waals surface area contributed by atoms with Crippen LogP contribution in [0.25, 0.3) is 22.2 Å². The Kier molecular flexibility index (Phi) is 6.18. The SMILES string of the molecule is CC(=O)Nc1cc2c(-c3cc(OCCN4CCC(=O)C4)c4c(n3)C3(CCOC3)OCC4)cn(C)c2cn1. The van der Waals surface area contributed by atoms with Gasteiger partial charge in [-0.3, -0.25) is 14.5 Å². The molecule has 10 heteroatoms. The Morgan fingerprint density at radius 3 is 2.92 bits per heavy atom. The summed E-state index contributed by atoms with van der Waals surface area (Å²) in [6.45, 7) is 5.63. The first-order valence-electron chi connectivity index (χ1n) is 12.8. The molecule has 3 aliphatic rings. The van der Waals surface area contributed by atoms with Gasteiger partial charge in [0.1, 0.15) is 29.6 Å². The predicted octanol–water partition coefficient (Wildman–Crippen LogP) is 2.44. The highest BCUT2D eigenvalue weighted by Gasteiger charge is 2.44. The molecule has 3 aliphatic heterocycles. The lowest BCUT2D eigenvalue weighted by Gasteiger charge is -2.34. The van der Waals surface area contributed by atoms with Crippen LogP contribution in [0.5, 0.6) is 5.75 Å². The molecule has 0 bridgehead atoms. The second kappa shape index (κ2) is 9.51. The minimum atomic E-state index is -0.573. The first-order chi connectivity index (χ1) is 17.9. The lowest BCUT2D eigenvalue weighted by atomic mass is 9.89. The van der Waals surface area contributed by atoms with Gasteiger partial charge >= 0.3 is 0 Å². The number of rotatable bonds is 6. The predicted molar refractivity (Wildman–Crippen MR) is 137 cm³/mol. The Morgan fingerprint density at radius 2 is 2.16 bits per heavy atom. The van der Waals surface area contributed by atoms with Crippen molar-refractivity contribution in [2.75, 3.05) is 51.4 Å². The maximum absolute atomic E-state index is 11.7. The van der Waals surface area contributed by atoms with Gasteiger partial charge in [0.2, 0.25) is 5.91 Å². The van der Waals surface area contributed by atoms with Crippen LogP contribution in [0.4, 0.5) is 5.82 Å². The monoisotopic (exact) mass is 505 g/mol. The number of nitrogens with zero attached hydrogens (tertiary/aromatic N) is 4. The van der Waals surface area contributed by atoms with Crippen molar-refractivity contribution in [3.8, 4) is 17.0 Å². The van der Waals surface area contributed by atoms with Crippen LogP contribution in [-0.2, 0) is 38.1 Å². The van der Waals surface area contributed by atoms with Gasteiger partial charge in [-0.05, 0) is 6.07 Å². The zero-order chi connectivity index (χ0) is 25.6. The molecule has 0 aliphatic carbocycles. The Labute approximate surface area is 214 Å². The van der Waals surface area contributed by atoms with Crippen LogP contribution in [-0.4, -0.2) is 77.2 Å². The van der Waals surface area contributed by atoms with Gasteiger partial charge in [0.05, 0.1) is 42.9 Å². The van der Waals surface area contributed by atoms with Gasteiger partial charge < -0.3 is 24.1 Å². The molecule has 1 unspecified atom stereocenters. The number of likely N-dealkylation sites (tertiary alicyclic amines) is 1. The molecule has 0 radical (unpaired) electrons. The van der Waals surface area contributed by atoms with Crippen molar-refractivity contribution < 1.29 is 23.8 Å².